The summed E-state index contributed by atoms with van der Waals surface area (Å²) in [6.45, 7) is 1.19. The third kappa shape index (κ3) is 2.57. The Hall–Kier alpha value is -2.37. The summed E-state index contributed by atoms with van der Waals surface area (Å²) in [5.74, 6) is 0.699. The van der Waals surface area contributed by atoms with Crippen LogP contribution in [0, 0.1) is 0 Å². The fraction of sp³-hybridized carbons (Fsp3) is 0.308. The number of carbonyl (C=O) groups excluding carboxylic acids is 1. The molecule has 3 heterocycles. The van der Waals surface area contributed by atoms with Gasteiger partial charge in [-0.2, -0.15) is 0 Å². The van der Waals surface area contributed by atoms with Crippen molar-refractivity contribution >= 4 is 5.91 Å². The van der Waals surface area contributed by atoms with Gasteiger partial charge in [0.1, 0.15) is 6.10 Å². The molecule has 1 amide bonds. The molecule has 3 rings (SSSR count). The predicted molar refractivity (Wildman–Crippen MR) is 65.7 cm³/mol. The normalized spacial score (nSPS) is 18.5. The topological polar surface area (TPSA) is 68.5 Å². The first-order valence-electron chi connectivity index (χ1n) is 6.10. The molecule has 0 bridgehead atoms. The van der Waals surface area contributed by atoms with Gasteiger partial charge in [-0.1, -0.05) is 11.2 Å². The van der Waals surface area contributed by atoms with E-state index in [1.54, 1.807) is 23.2 Å². The number of aromatic nitrogens is 2. The van der Waals surface area contributed by atoms with E-state index in [-0.39, 0.29) is 17.8 Å². The van der Waals surface area contributed by atoms with Gasteiger partial charge in [-0.25, -0.2) is 4.98 Å². The van der Waals surface area contributed by atoms with Gasteiger partial charge in [-0.15, -0.1) is 0 Å². The van der Waals surface area contributed by atoms with Crippen molar-refractivity contribution in [2.45, 2.75) is 12.5 Å². The van der Waals surface area contributed by atoms with E-state index in [1.807, 2.05) is 12.1 Å². The quantitative estimate of drug-likeness (QED) is 0.832. The van der Waals surface area contributed by atoms with Crippen LogP contribution in [0.2, 0.25) is 0 Å². The van der Waals surface area contributed by atoms with E-state index in [1.165, 1.54) is 6.20 Å². The molecule has 1 aliphatic rings. The summed E-state index contributed by atoms with van der Waals surface area (Å²) in [7, 11) is 0. The van der Waals surface area contributed by atoms with Crippen molar-refractivity contribution in [3.8, 4) is 5.88 Å². The van der Waals surface area contributed by atoms with Crippen LogP contribution in [0.3, 0.4) is 0 Å². The van der Waals surface area contributed by atoms with Gasteiger partial charge >= 0.3 is 0 Å². The molecule has 6 nitrogen and oxygen atoms in total. The minimum absolute atomic E-state index is 0.0261. The number of ether oxygens (including phenoxy) is 1. The van der Waals surface area contributed by atoms with Crippen molar-refractivity contribution in [2.75, 3.05) is 13.1 Å². The SMILES string of the molecule is O=C(c1ccno1)N1CCC(Oc2ccccn2)C1. The molecule has 0 saturated carbocycles. The van der Waals surface area contributed by atoms with Crippen molar-refractivity contribution in [3.05, 3.63) is 42.4 Å². The molecule has 0 aliphatic carbocycles. The average Bonchev–Trinajstić information content (AvgIpc) is 3.10. The summed E-state index contributed by atoms with van der Waals surface area (Å²) >= 11 is 0. The maximum atomic E-state index is 12.0. The molecule has 98 valence electrons. The molecule has 1 saturated heterocycles. The number of likely N-dealkylation sites (tertiary alicyclic amines) is 1. The van der Waals surface area contributed by atoms with Crippen molar-refractivity contribution in [1.82, 2.24) is 15.0 Å². The number of amides is 1. The molecule has 0 radical (unpaired) electrons. The Labute approximate surface area is 110 Å². The van der Waals surface area contributed by atoms with Crippen LogP contribution in [0.5, 0.6) is 5.88 Å². The van der Waals surface area contributed by atoms with E-state index in [2.05, 4.69) is 10.1 Å². The Morgan fingerprint density at radius 3 is 3.05 bits per heavy atom. The van der Waals surface area contributed by atoms with E-state index in [9.17, 15) is 4.79 Å². The Morgan fingerprint density at radius 2 is 2.32 bits per heavy atom. The van der Waals surface area contributed by atoms with Crippen molar-refractivity contribution in [1.29, 1.82) is 0 Å². The van der Waals surface area contributed by atoms with Gasteiger partial charge in [0.2, 0.25) is 11.6 Å². The summed E-state index contributed by atoms with van der Waals surface area (Å²) < 4.78 is 10.6. The molecule has 1 atom stereocenters. The van der Waals surface area contributed by atoms with Gasteiger partial charge in [0.05, 0.1) is 12.7 Å². The predicted octanol–water partition coefficient (Wildman–Crippen LogP) is 1.36. The van der Waals surface area contributed by atoms with Crippen LogP contribution in [0.4, 0.5) is 0 Å². The smallest absolute Gasteiger partial charge is 0.292 e. The summed E-state index contributed by atoms with van der Waals surface area (Å²) in [5, 5.41) is 3.54. The van der Waals surface area contributed by atoms with Crippen molar-refractivity contribution in [3.63, 3.8) is 0 Å². The lowest BCUT2D eigenvalue weighted by molar-refractivity contribution is 0.0730. The van der Waals surface area contributed by atoms with E-state index in [4.69, 9.17) is 9.26 Å². The monoisotopic (exact) mass is 259 g/mol. The summed E-state index contributed by atoms with van der Waals surface area (Å²) in [4.78, 5) is 17.8. The highest BCUT2D eigenvalue weighted by Gasteiger charge is 2.29. The average molecular weight is 259 g/mol. The van der Waals surface area contributed by atoms with Crippen LogP contribution in [0.25, 0.3) is 0 Å². The van der Waals surface area contributed by atoms with E-state index in [0.717, 1.165) is 6.42 Å². The highest BCUT2D eigenvalue weighted by Crippen LogP contribution is 2.18. The number of pyridine rings is 1. The zero-order valence-electron chi connectivity index (χ0n) is 10.2. The summed E-state index contributed by atoms with van der Waals surface area (Å²) in [6, 6.07) is 7.08. The highest BCUT2D eigenvalue weighted by molar-refractivity contribution is 5.91. The molecule has 1 fully saturated rings. The summed E-state index contributed by atoms with van der Waals surface area (Å²) in [5.41, 5.74) is 0. The summed E-state index contributed by atoms with van der Waals surface area (Å²) in [6.07, 6.45) is 3.91. The maximum Gasteiger partial charge on any atom is 0.292 e. The van der Waals surface area contributed by atoms with Gasteiger partial charge in [-0.3, -0.25) is 4.79 Å². The largest absolute Gasteiger partial charge is 0.472 e. The third-order valence-electron chi connectivity index (χ3n) is 3.01. The molecular formula is C13H13N3O3. The zero-order valence-corrected chi connectivity index (χ0v) is 10.2. The van der Waals surface area contributed by atoms with Crippen LogP contribution in [-0.2, 0) is 0 Å². The van der Waals surface area contributed by atoms with Crippen LogP contribution < -0.4 is 4.74 Å². The Morgan fingerprint density at radius 1 is 1.37 bits per heavy atom. The Kier molecular flexibility index (Phi) is 3.14. The first kappa shape index (κ1) is 11.7. The van der Waals surface area contributed by atoms with Crippen LogP contribution >= 0.6 is 0 Å². The lowest BCUT2D eigenvalue weighted by Crippen LogP contribution is -2.30. The van der Waals surface area contributed by atoms with Crippen molar-refractivity contribution < 1.29 is 14.1 Å². The Balaban J connectivity index is 1.60. The molecular weight excluding hydrogens is 246 g/mol. The van der Waals surface area contributed by atoms with Crippen LogP contribution in [0.15, 0.2) is 41.2 Å². The first-order valence-corrected chi connectivity index (χ1v) is 6.10. The molecule has 0 spiro atoms. The minimum Gasteiger partial charge on any atom is -0.472 e. The Bertz CT molecular complexity index is 542. The van der Waals surface area contributed by atoms with Crippen molar-refractivity contribution in [2.24, 2.45) is 0 Å². The van der Waals surface area contributed by atoms with Gasteiger partial charge < -0.3 is 14.2 Å². The second kappa shape index (κ2) is 5.09. The lowest BCUT2D eigenvalue weighted by Gasteiger charge is -2.15. The van der Waals surface area contributed by atoms with Gasteiger partial charge in [-0.05, 0) is 6.07 Å². The number of carbonyl (C=O) groups is 1. The minimum atomic E-state index is -0.148. The zero-order chi connectivity index (χ0) is 13.1. The molecule has 6 heteroatoms. The number of hydrogen-bond donors (Lipinski definition) is 0. The number of hydrogen-bond acceptors (Lipinski definition) is 5. The van der Waals surface area contributed by atoms with E-state index >= 15 is 0 Å². The second-order valence-electron chi connectivity index (χ2n) is 4.32. The van der Waals surface area contributed by atoms with Gasteiger partial charge in [0.25, 0.3) is 5.91 Å². The van der Waals surface area contributed by atoms with E-state index in [0.29, 0.717) is 19.0 Å². The number of rotatable bonds is 3. The van der Waals surface area contributed by atoms with Gasteiger partial charge in [0.15, 0.2) is 0 Å². The molecule has 1 unspecified atom stereocenters. The molecule has 0 aromatic carbocycles. The standard InChI is InChI=1S/C13H13N3O3/c17-13(11-4-7-15-19-11)16-8-5-10(9-16)18-12-3-1-2-6-14-12/h1-4,6-7,10H,5,8-9H2. The molecule has 1 aliphatic heterocycles. The fourth-order valence-corrected chi connectivity index (χ4v) is 2.08. The second-order valence-corrected chi connectivity index (χ2v) is 4.32. The first-order chi connectivity index (χ1) is 9.33. The fourth-order valence-electron chi connectivity index (χ4n) is 2.08. The van der Waals surface area contributed by atoms with E-state index < -0.39 is 0 Å². The highest BCUT2D eigenvalue weighted by atomic mass is 16.5. The third-order valence-corrected chi connectivity index (χ3v) is 3.01. The van der Waals surface area contributed by atoms with Crippen LogP contribution in [-0.4, -0.2) is 40.1 Å². The maximum absolute atomic E-state index is 12.0. The molecule has 2 aromatic rings. The molecule has 0 N–H and O–H groups in total. The molecule has 19 heavy (non-hydrogen) atoms. The number of nitrogens with zero attached hydrogens (tertiary/aromatic N) is 3. The van der Waals surface area contributed by atoms with Gasteiger partial charge in [0, 0.05) is 31.3 Å². The van der Waals surface area contributed by atoms with Crippen LogP contribution in [0.1, 0.15) is 17.0 Å². The molecule has 2 aromatic heterocycles. The lowest BCUT2D eigenvalue weighted by atomic mass is 10.3.